The van der Waals surface area contributed by atoms with E-state index < -0.39 is 0 Å². The van der Waals surface area contributed by atoms with Gasteiger partial charge in [0.2, 0.25) is 0 Å². The minimum Gasteiger partial charge on any atom is -0.486 e. The van der Waals surface area contributed by atoms with Crippen LogP contribution >= 0.6 is 11.3 Å². The summed E-state index contributed by atoms with van der Waals surface area (Å²) < 4.78 is 18.5. The van der Waals surface area contributed by atoms with Gasteiger partial charge >= 0.3 is 0 Å². The highest BCUT2D eigenvalue weighted by atomic mass is 32.1. The molecule has 0 spiro atoms. The molecule has 0 saturated heterocycles. The van der Waals surface area contributed by atoms with E-state index in [9.17, 15) is 9.18 Å². The summed E-state index contributed by atoms with van der Waals surface area (Å²) in [5, 5.41) is 3.60. The molecule has 1 amide bonds. The first-order valence-electron chi connectivity index (χ1n) is 7.74. The lowest BCUT2D eigenvalue weighted by molar-refractivity contribution is 0.102. The minimum absolute atomic E-state index is 0.183. The monoisotopic (exact) mass is 356 g/mol. The average molecular weight is 356 g/mol. The van der Waals surface area contributed by atoms with Crippen LogP contribution in [0.5, 0.6) is 5.75 Å². The van der Waals surface area contributed by atoms with Crippen LogP contribution in [0.3, 0.4) is 0 Å². The van der Waals surface area contributed by atoms with Gasteiger partial charge < -0.3 is 10.1 Å². The van der Waals surface area contributed by atoms with Gasteiger partial charge in [-0.1, -0.05) is 18.2 Å². The molecule has 0 aliphatic heterocycles. The zero-order valence-corrected chi connectivity index (χ0v) is 14.7. The van der Waals surface area contributed by atoms with Gasteiger partial charge in [0, 0.05) is 5.69 Å². The van der Waals surface area contributed by atoms with Gasteiger partial charge in [-0.15, -0.1) is 11.3 Å². The van der Waals surface area contributed by atoms with Gasteiger partial charge in [-0.05, 0) is 49.7 Å². The number of hydrogen-bond acceptors (Lipinski definition) is 4. The van der Waals surface area contributed by atoms with E-state index in [1.54, 1.807) is 19.1 Å². The Hall–Kier alpha value is -2.73. The number of thiazole rings is 1. The Balaban J connectivity index is 1.68. The Labute approximate surface area is 149 Å². The van der Waals surface area contributed by atoms with E-state index >= 15 is 0 Å². The first-order valence-corrected chi connectivity index (χ1v) is 8.56. The molecule has 0 aliphatic carbocycles. The number of halogens is 1. The second-order valence-electron chi connectivity index (χ2n) is 5.53. The Morgan fingerprint density at radius 2 is 1.88 bits per heavy atom. The molecule has 0 saturated carbocycles. The summed E-state index contributed by atoms with van der Waals surface area (Å²) in [5.74, 6) is 0.0603. The molecule has 0 radical (unpaired) electrons. The lowest BCUT2D eigenvalue weighted by Crippen LogP contribution is -2.12. The number of carbonyl (C=O) groups is 1. The van der Waals surface area contributed by atoms with Gasteiger partial charge in [-0.3, -0.25) is 4.79 Å². The number of aromatic nitrogens is 1. The SMILES string of the molecule is Cc1ccccc1NC(=O)c1sc(COc2ccc(F)cc2)nc1C. The summed E-state index contributed by atoms with van der Waals surface area (Å²) in [7, 11) is 0. The largest absolute Gasteiger partial charge is 0.486 e. The van der Waals surface area contributed by atoms with E-state index in [0.29, 0.717) is 21.3 Å². The predicted octanol–water partition coefficient (Wildman–Crippen LogP) is 4.73. The maximum absolute atomic E-state index is 12.9. The van der Waals surface area contributed by atoms with Gasteiger partial charge in [0.15, 0.2) is 0 Å². The van der Waals surface area contributed by atoms with Crippen molar-refractivity contribution in [2.24, 2.45) is 0 Å². The van der Waals surface area contributed by atoms with Crippen molar-refractivity contribution < 1.29 is 13.9 Å². The highest BCUT2D eigenvalue weighted by molar-refractivity contribution is 7.13. The number of amides is 1. The van der Waals surface area contributed by atoms with Crippen LogP contribution in [0.2, 0.25) is 0 Å². The molecule has 3 aromatic rings. The third kappa shape index (κ3) is 4.22. The summed E-state index contributed by atoms with van der Waals surface area (Å²) in [6, 6.07) is 13.4. The standard InChI is InChI=1S/C19H17FN2O2S/c1-12-5-3-4-6-16(12)22-19(23)18-13(2)21-17(25-18)11-24-15-9-7-14(20)8-10-15/h3-10H,11H2,1-2H3,(H,22,23). The van der Waals surface area contributed by atoms with Crippen LogP contribution in [-0.2, 0) is 6.61 Å². The van der Waals surface area contributed by atoms with Gasteiger partial charge in [0.1, 0.15) is 28.1 Å². The van der Waals surface area contributed by atoms with Crippen molar-refractivity contribution in [1.82, 2.24) is 4.98 Å². The molecule has 1 heterocycles. The zero-order valence-electron chi connectivity index (χ0n) is 13.9. The molecule has 2 aromatic carbocycles. The van der Waals surface area contributed by atoms with Crippen LogP contribution in [0.1, 0.15) is 25.9 Å². The molecule has 0 unspecified atom stereocenters. The molecule has 25 heavy (non-hydrogen) atoms. The smallest absolute Gasteiger partial charge is 0.267 e. The third-order valence-corrected chi connectivity index (χ3v) is 4.75. The number of aryl methyl sites for hydroxylation is 2. The molecule has 0 aliphatic rings. The molecular weight excluding hydrogens is 339 g/mol. The maximum atomic E-state index is 12.9. The van der Waals surface area contributed by atoms with Crippen LogP contribution in [0.25, 0.3) is 0 Å². The van der Waals surface area contributed by atoms with E-state index in [4.69, 9.17) is 4.74 Å². The number of benzene rings is 2. The summed E-state index contributed by atoms with van der Waals surface area (Å²) in [6.45, 7) is 3.97. The van der Waals surface area contributed by atoms with Gasteiger partial charge in [0.25, 0.3) is 5.91 Å². The molecule has 0 fully saturated rings. The van der Waals surface area contributed by atoms with E-state index in [1.807, 2.05) is 31.2 Å². The highest BCUT2D eigenvalue weighted by Crippen LogP contribution is 2.22. The number of ether oxygens (including phenoxy) is 1. The lowest BCUT2D eigenvalue weighted by Gasteiger charge is -2.06. The van der Waals surface area contributed by atoms with Crippen molar-refractivity contribution in [3.05, 3.63) is 75.5 Å². The second-order valence-corrected chi connectivity index (χ2v) is 6.62. The number of nitrogens with one attached hydrogen (secondary N) is 1. The number of hydrogen-bond donors (Lipinski definition) is 1. The van der Waals surface area contributed by atoms with Crippen LogP contribution < -0.4 is 10.1 Å². The van der Waals surface area contributed by atoms with Crippen molar-refractivity contribution in [2.75, 3.05) is 5.32 Å². The number of rotatable bonds is 5. The van der Waals surface area contributed by atoms with Gasteiger partial charge in [-0.25, -0.2) is 9.37 Å². The number of anilines is 1. The van der Waals surface area contributed by atoms with Crippen molar-refractivity contribution in [3.8, 4) is 5.75 Å². The van der Waals surface area contributed by atoms with Crippen LogP contribution in [0, 0.1) is 19.7 Å². The van der Waals surface area contributed by atoms with E-state index in [0.717, 1.165) is 11.3 Å². The van der Waals surface area contributed by atoms with Gasteiger partial charge in [-0.2, -0.15) is 0 Å². The van der Waals surface area contributed by atoms with Crippen LogP contribution in [-0.4, -0.2) is 10.9 Å². The van der Waals surface area contributed by atoms with Crippen molar-refractivity contribution in [3.63, 3.8) is 0 Å². The molecule has 128 valence electrons. The molecule has 0 bridgehead atoms. The predicted molar refractivity (Wildman–Crippen MR) is 96.7 cm³/mol. The Morgan fingerprint density at radius 3 is 2.60 bits per heavy atom. The average Bonchev–Trinajstić information content (AvgIpc) is 2.97. The molecule has 4 nitrogen and oxygen atoms in total. The Kier molecular flexibility index (Phi) is 5.09. The van der Waals surface area contributed by atoms with E-state index in [2.05, 4.69) is 10.3 Å². The van der Waals surface area contributed by atoms with E-state index in [-0.39, 0.29) is 18.3 Å². The summed E-state index contributed by atoms with van der Waals surface area (Å²) >= 11 is 1.29. The Bertz CT molecular complexity index is 891. The van der Waals surface area contributed by atoms with Crippen molar-refractivity contribution in [2.45, 2.75) is 20.5 Å². The third-order valence-electron chi connectivity index (χ3n) is 3.62. The quantitative estimate of drug-likeness (QED) is 0.719. The highest BCUT2D eigenvalue weighted by Gasteiger charge is 2.16. The molecular formula is C19H17FN2O2S. The topological polar surface area (TPSA) is 51.2 Å². The first-order chi connectivity index (χ1) is 12.0. The first kappa shape index (κ1) is 17.1. The number of carbonyl (C=O) groups excluding carboxylic acids is 1. The number of nitrogens with zero attached hydrogens (tertiary/aromatic N) is 1. The molecule has 1 aromatic heterocycles. The normalized spacial score (nSPS) is 10.5. The van der Waals surface area contributed by atoms with Crippen LogP contribution in [0.15, 0.2) is 48.5 Å². The fraction of sp³-hybridized carbons (Fsp3) is 0.158. The second kappa shape index (κ2) is 7.44. The molecule has 0 atom stereocenters. The minimum atomic E-state index is -0.312. The molecule has 1 N–H and O–H groups in total. The fourth-order valence-corrected chi connectivity index (χ4v) is 3.17. The summed E-state index contributed by atoms with van der Waals surface area (Å²) in [5.41, 5.74) is 2.44. The fourth-order valence-electron chi connectivity index (χ4n) is 2.29. The maximum Gasteiger partial charge on any atom is 0.267 e. The summed E-state index contributed by atoms with van der Waals surface area (Å²) in [4.78, 5) is 17.4. The van der Waals surface area contributed by atoms with Crippen LogP contribution in [0.4, 0.5) is 10.1 Å². The zero-order chi connectivity index (χ0) is 17.8. The molecule has 6 heteroatoms. The van der Waals surface area contributed by atoms with Gasteiger partial charge in [0.05, 0.1) is 5.69 Å². The van der Waals surface area contributed by atoms with Crippen molar-refractivity contribution >= 4 is 22.9 Å². The lowest BCUT2D eigenvalue weighted by atomic mass is 10.2. The molecule has 3 rings (SSSR count). The number of para-hydroxylation sites is 1. The van der Waals surface area contributed by atoms with Crippen molar-refractivity contribution in [1.29, 1.82) is 0 Å². The van der Waals surface area contributed by atoms with E-state index in [1.165, 1.54) is 23.5 Å². The summed E-state index contributed by atoms with van der Waals surface area (Å²) in [6.07, 6.45) is 0. The Morgan fingerprint density at radius 1 is 1.16 bits per heavy atom.